The van der Waals surface area contributed by atoms with Crippen molar-refractivity contribution in [1.82, 2.24) is 25.1 Å². The molecule has 0 aliphatic carbocycles. The molecule has 7 nitrogen and oxygen atoms in total. The maximum atomic E-state index is 12.7. The third-order valence-electron chi connectivity index (χ3n) is 4.54. The summed E-state index contributed by atoms with van der Waals surface area (Å²) in [7, 11) is 0. The van der Waals surface area contributed by atoms with E-state index >= 15 is 0 Å². The first-order valence-electron chi connectivity index (χ1n) is 11.0. The van der Waals surface area contributed by atoms with E-state index in [-0.39, 0.29) is 5.91 Å². The van der Waals surface area contributed by atoms with E-state index in [1.165, 1.54) is 0 Å². The zero-order valence-corrected chi connectivity index (χ0v) is 21.0. The zero-order valence-electron chi connectivity index (χ0n) is 19.4. The minimum Gasteiger partial charge on any atom is -0.369 e. The molecule has 2 aromatic heterocycles. The van der Waals surface area contributed by atoms with Crippen molar-refractivity contribution in [2.45, 2.75) is 56.5 Å². The Morgan fingerprint density at radius 2 is 1.94 bits per heavy atom. The number of aromatic nitrogens is 4. The summed E-state index contributed by atoms with van der Waals surface area (Å²) in [5.74, 6) is 2.17. The second-order valence-corrected chi connectivity index (χ2v) is 10.9. The monoisotopic (exact) mass is 472 g/mol. The number of fused-ring (bicyclic) bond motifs is 1. The van der Waals surface area contributed by atoms with Crippen LogP contribution in [-0.2, 0) is 6.54 Å². The SMILES string of the molecule is CCSc1ccccc1C(=O)NCCn1ncc2c(NCC(C)C)nc(SC(C)C)nc21. The van der Waals surface area contributed by atoms with Gasteiger partial charge in [-0.1, -0.05) is 58.5 Å². The van der Waals surface area contributed by atoms with Crippen LogP contribution in [0.15, 0.2) is 40.5 Å². The van der Waals surface area contributed by atoms with Crippen molar-refractivity contribution >= 4 is 46.3 Å². The van der Waals surface area contributed by atoms with Gasteiger partial charge in [-0.3, -0.25) is 4.79 Å². The number of carbonyl (C=O) groups is 1. The number of anilines is 1. The van der Waals surface area contributed by atoms with Crippen molar-refractivity contribution in [3.05, 3.63) is 36.0 Å². The smallest absolute Gasteiger partial charge is 0.252 e. The number of benzene rings is 1. The highest BCUT2D eigenvalue weighted by atomic mass is 32.2. The average molecular weight is 473 g/mol. The van der Waals surface area contributed by atoms with Crippen LogP contribution in [0.4, 0.5) is 5.82 Å². The largest absolute Gasteiger partial charge is 0.369 e. The molecule has 0 saturated carbocycles. The summed E-state index contributed by atoms with van der Waals surface area (Å²) >= 11 is 3.30. The summed E-state index contributed by atoms with van der Waals surface area (Å²) in [6.07, 6.45) is 1.80. The number of amides is 1. The molecule has 0 saturated heterocycles. The molecule has 1 amide bonds. The van der Waals surface area contributed by atoms with Crippen LogP contribution in [0.1, 0.15) is 45.0 Å². The van der Waals surface area contributed by atoms with Gasteiger partial charge < -0.3 is 10.6 Å². The lowest BCUT2D eigenvalue weighted by Gasteiger charge is -2.12. The van der Waals surface area contributed by atoms with Crippen LogP contribution in [-0.4, -0.2) is 49.7 Å². The fourth-order valence-electron chi connectivity index (χ4n) is 3.10. The second kappa shape index (κ2) is 11.6. The van der Waals surface area contributed by atoms with Crippen molar-refractivity contribution in [2.75, 3.05) is 24.2 Å². The Balaban J connectivity index is 1.76. The van der Waals surface area contributed by atoms with Crippen molar-refractivity contribution in [1.29, 1.82) is 0 Å². The first-order chi connectivity index (χ1) is 15.4. The molecular weight excluding hydrogens is 440 g/mol. The highest BCUT2D eigenvalue weighted by Crippen LogP contribution is 2.27. The first kappa shape index (κ1) is 24.4. The van der Waals surface area contributed by atoms with Gasteiger partial charge in [0.05, 0.1) is 23.7 Å². The maximum Gasteiger partial charge on any atom is 0.252 e. The van der Waals surface area contributed by atoms with E-state index < -0.39 is 0 Å². The fraction of sp³-hybridized carbons (Fsp3) is 0.478. The van der Waals surface area contributed by atoms with Crippen molar-refractivity contribution in [3.8, 4) is 0 Å². The third-order valence-corrected chi connectivity index (χ3v) is 6.36. The first-order valence-corrected chi connectivity index (χ1v) is 12.9. The van der Waals surface area contributed by atoms with Gasteiger partial charge in [-0.2, -0.15) is 5.10 Å². The van der Waals surface area contributed by atoms with Gasteiger partial charge >= 0.3 is 0 Å². The molecule has 0 radical (unpaired) electrons. The minimum atomic E-state index is -0.0667. The Hall–Kier alpha value is -2.26. The molecule has 32 heavy (non-hydrogen) atoms. The highest BCUT2D eigenvalue weighted by molar-refractivity contribution is 7.99. The predicted octanol–water partition coefficient (Wildman–Crippen LogP) is 4.94. The molecule has 3 aromatic rings. The molecule has 3 rings (SSSR count). The number of nitrogens with zero attached hydrogens (tertiary/aromatic N) is 4. The molecule has 1 aromatic carbocycles. The number of nitrogens with one attached hydrogen (secondary N) is 2. The van der Waals surface area contributed by atoms with Crippen LogP contribution in [0.5, 0.6) is 0 Å². The van der Waals surface area contributed by atoms with Crippen molar-refractivity contribution in [3.63, 3.8) is 0 Å². The molecule has 0 fully saturated rings. The van der Waals surface area contributed by atoms with E-state index in [0.29, 0.717) is 29.8 Å². The second-order valence-electron chi connectivity index (χ2n) is 8.09. The van der Waals surface area contributed by atoms with E-state index in [1.54, 1.807) is 29.7 Å². The third kappa shape index (κ3) is 6.38. The fourth-order valence-corrected chi connectivity index (χ4v) is 4.61. The van der Waals surface area contributed by atoms with E-state index in [1.807, 2.05) is 28.9 Å². The Morgan fingerprint density at radius 1 is 1.16 bits per heavy atom. The van der Waals surface area contributed by atoms with E-state index in [9.17, 15) is 4.79 Å². The molecule has 172 valence electrons. The summed E-state index contributed by atoms with van der Waals surface area (Å²) in [5.41, 5.74) is 1.49. The Labute approximate surface area is 198 Å². The highest BCUT2D eigenvalue weighted by Gasteiger charge is 2.15. The number of rotatable bonds is 11. The van der Waals surface area contributed by atoms with Gasteiger partial charge in [-0.05, 0) is 23.8 Å². The van der Waals surface area contributed by atoms with Crippen molar-refractivity contribution in [2.24, 2.45) is 5.92 Å². The lowest BCUT2D eigenvalue weighted by molar-refractivity contribution is 0.0949. The molecule has 0 aliphatic heterocycles. The van der Waals surface area contributed by atoms with Gasteiger partial charge in [-0.25, -0.2) is 14.6 Å². The van der Waals surface area contributed by atoms with Crippen LogP contribution >= 0.6 is 23.5 Å². The van der Waals surface area contributed by atoms with Gasteiger partial charge in [0.15, 0.2) is 10.8 Å². The zero-order chi connectivity index (χ0) is 23.1. The average Bonchev–Trinajstić information content (AvgIpc) is 3.15. The number of hydrogen-bond donors (Lipinski definition) is 2. The molecule has 0 bridgehead atoms. The summed E-state index contributed by atoms with van der Waals surface area (Å²) in [5, 5.41) is 13.0. The van der Waals surface area contributed by atoms with Gasteiger partial charge in [0, 0.05) is 23.2 Å². The van der Waals surface area contributed by atoms with Gasteiger partial charge in [0.1, 0.15) is 5.82 Å². The van der Waals surface area contributed by atoms with Crippen LogP contribution in [0.3, 0.4) is 0 Å². The molecule has 0 unspecified atom stereocenters. The molecular formula is C23H32N6OS2. The number of carbonyl (C=O) groups excluding carboxylic acids is 1. The topological polar surface area (TPSA) is 84.7 Å². The molecule has 9 heteroatoms. The number of hydrogen-bond acceptors (Lipinski definition) is 7. The summed E-state index contributed by atoms with van der Waals surface area (Å²) < 4.78 is 1.84. The molecule has 2 heterocycles. The predicted molar refractivity (Wildman–Crippen MR) is 135 cm³/mol. The molecule has 0 atom stereocenters. The van der Waals surface area contributed by atoms with Gasteiger partial charge in [-0.15, -0.1) is 11.8 Å². The normalized spacial score (nSPS) is 11.5. The summed E-state index contributed by atoms with van der Waals surface area (Å²) in [6, 6.07) is 7.71. The summed E-state index contributed by atoms with van der Waals surface area (Å²) in [4.78, 5) is 23.2. The molecule has 0 spiro atoms. The van der Waals surface area contributed by atoms with E-state index in [0.717, 1.165) is 39.2 Å². The maximum absolute atomic E-state index is 12.7. The van der Waals surface area contributed by atoms with Crippen LogP contribution in [0.2, 0.25) is 0 Å². The molecule has 2 N–H and O–H groups in total. The lowest BCUT2D eigenvalue weighted by atomic mass is 10.2. The van der Waals surface area contributed by atoms with Crippen LogP contribution < -0.4 is 10.6 Å². The van der Waals surface area contributed by atoms with Crippen LogP contribution in [0, 0.1) is 5.92 Å². The number of thioether (sulfide) groups is 2. The lowest BCUT2D eigenvalue weighted by Crippen LogP contribution is -2.28. The Bertz CT molecular complexity index is 1050. The Kier molecular flexibility index (Phi) is 8.81. The van der Waals surface area contributed by atoms with E-state index in [4.69, 9.17) is 9.97 Å². The minimum absolute atomic E-state index is 0.0667. The van der Waals surface area contributed by atoms with Gasteiger partial charge in [0.2, 0.25) is 0 Å². The summed E-state index contributed by atoms with van der Waals surface area (Å²) in [6.45, 7) is 12.5. The van der Waals surface area contributed by atoms with Crippen LogP contribution in [0.25, 0.3) is 11.0 Å². The quantitative estimate of drug-likeness (QED) is 0.302. The van der Waals surface area contributed by atoms with Crippen molar-refractivity contribution < 1.29 is 4.79 Å². The standard InChI is InChI=1S/C23H32N6OS2/c1-6-31-19-10-8-7-9-17(19)22(30)24-11-12-29-21-18(14-26-29)20(25-13-15(2)3)27-23(28-21)32-16(4)5/h7-10,14-16H,6,11-13H2,1-5H3,(H,24,30)(H,25,27,28). The van der Waals surface area contributed by atoms with E-state index in [2.05, 4.69) is 50.4 Å². The Morgan fingerprint density at radius 3 is 2.66 bits per heavy atom. The van der Waals surface area contributed by atoms with Gasteiger partial charge in [0.25, 0.3) is 5.91 Å². The molecule has 0 aliphatic rings.